The third-order valence-electron chi connectivity index (χ3n) is 2.01. The highest BCUT2D eigenvalue weighted by molar-refractivity contribution is 14.1. The molecule has 5 heteroatoms. The van der Waals surface area contributed by atoms with Crippen LogP contribution in [-0.2, 0) is 6.54 Å². The summed E-state index contributed by atoms with van der Waals surface area (Å²) < 4.78 is 1.09. The number of nitrogens with one attached hydrogen (secondary N) is 1. The molecule has 1 aromatic heterocycles. The zero-order valence-electron chi connectivity index (χ0n) is 8.32. The normalized spacial score (nSPS) is 10.1. The summed E-state index contributed by atoms with van der Waals surface area (Å²) in [4.78, 5) is 8.20. The Morgan fingerprint density at radius 2 is 2.19 bits per heavy atom. The van der Waals surface area contributed by atoms with E-state index in [2.05, 4.69) is 37.9 Å². The van der Waals surface area contributed by atoms with Crippen molar-refractivity contribution in [2.24, 2.45) is 0 Å². The molecule has 3 nitrogen and oxygen atoms in total. The van der Waals surface area contributed by atoms with Crippen LogP contribution in [0.4, 0.5) is 5.69 Å². The molecule has 16 heavy (non-hydrogen) atoms. The lowest BCUT2D eigenvalue weighted by Crippen LogP contribution is -2.02. The highest BCUT2D eigenvalue weighted by atomic mass is 127. The monoisotopic (exact) mass is 345 g/mol. The second kappa shape index (κ2) is 5.45. The van der Waals surface area contributed by atoms with Gasteiger partial charge in [-0.05, 0) is 40.8 Å². The minimum atomic E-state index is 0.658. The molecular formula is C11H9ClIN3. The first-order chi connectivity index (χ1) is 7.75. The van der Waals surface area contributed by atoms with E-state index in [1.54, 1.807) is 18.6 Å². The van der Waals surface area contributed by atoms with Gasteiger partial charge in [-0.25, -0.2) is 0 Å². The lowest BCUT2D eigenvalue weighted by atomic mass is 10.3. The number of benzene rings is 1. The molecule has 0 saturated heterocycles. The van der Waals surface area contributed by atoms with E-state index in [-0.39, 0.29) is 0 Å². The third-order valence-corrected chi connectivity index (χ3v) is 3.14. The van der Waals surface area contributed by atoms with Gasteiger partial charge in [0.25, 0.3) is 0 Å². The first-order valence-corrected chi connectivity index (χ1v) is 6.15. The summed E-state index contributed by atoms with van der Waals surface area (Å²) in [5.74, 6) is 0. The van der Waals surface area contributed by atoms with Gasteiger partial charge in [-0.3, -0.25) is 9.97 Å². The number of hydrogen-bond acceptors (Lipinski definition) is 3. The predicted molar refractivity (Wildman–Crippen MR) is 73.5 cm³/mol. The Morgan fingerprint density at radius 3 is 2.88 bits per heavy atom. The van der Waals surface area contributed by atoms with E-state index in [0.29, 0.717) is 6.54 Å². The van der Waals surface area contributed by atoms with Gasteiger partial charge in [0.2, 0.25) is 0 Å². The van der Waals surface area contributed by atoms with Gasteiger partial charge in [-0.1, -0.05) is 11.6 Å². The second-order valence-corrected chi connectivity index (χ2v) is 4.77. The largest absolute Gasteiger partial charge is 0.378 e. The van der Waals surface area contributed by atoms with Crippen LogP contribution < -0.4 is 5.32 Å². The first kappa shape index (κ1) is 11.6. The summed E-state index contributed by atoms with van der Waals surface area (Å²) in [5.41, 5.74) is 1.96. The van der Waals surface area contributed by atoms with Crippen molar-refractivity contribution in [3.63, 3.8) is 0 Å². The standard InChI is InChI=1S/C11H9ClIN3/c12-8-1-2-11(10(13)5-8)16-7-9-6-14-3-4-15-9/h1-6,16H,7H2. The number of halogens is 2. The topological polar surface area (TPSA) is 37.8 Å². The molecule has 0 aliphatic carbocycles. The fourth-order valence-electron chi connectivity index (χ4n) is 1.24. The van der Waals surface area contributed by atoms with E-state index in [0.717, 1.165) is 20.0 Å². The smallest absolute Gasteiger partial charge is 0.0777 e. The predicted octanol–water partition coefficient (Wildman–Crippen LogP) is 3.35. The molecule has 0 aliphatic heterocycles. The Balaban J connectivity index is 2.05. The van der Waals surface area contributed by atoms with Crippen LogP contribution in [0.15, 0.2) is 36.8 Å². The van der Waals surface area contributed by atoms with Crippen LogP contribution in [-0.4, -0.2) is 9.97 Å². The van der Waals surface area contributed by atoms with Gasteiger partial charge in [-0.15, -0.1) is 0 Å². The van der Waals surface area contributed by atoms with Gasteiger partial charge < -0.3 is 5.32 Å². The molecule has 0 fully saturated rings. The minimum Gasteiger partial charge on any atom is -0.378 e. The Labute approximate surface area is 112 Å². The molecule has 0 amide bonds. The molecule has 0 aliphatic rings. The maximum absolute atomic E-state index is 5.88. The maximum Gasteiger partial charge on any atom is 0.0777 e. The van der Waals surface area contributed by atoms with Crippen molar-refractivity contribution in [1.82, 2.24) is 9.97 Å². The molecule has 1 heterocycles. The fourth-order valence-corrected chi connectivity index (χ4v) is 2.30. The van der Waals surface area contributed by atoms with Gasteiger partial charge in [0.15, 0.2) is 0 Å². The van der Waals surface area contributed by atoms with E-state index in [4.69, 9.17) is 11.6 Å². The number of hydrogen-bond donors (Lipinski definition) is 1. The SMILES string of the molecule is Clc1ccc(NCc2cnccn2)c(I)c1. The van der Waals surface area contributed by atoms with E-state index in [9.17, 15) is 0 Å². The lowest BCUT2D eigenvalue weighted by Gasteiger charge is -2.07. The molecule has 0 spiro atoms. The highest BCUT2D eigenvalue weighted by Crippen LogP contribution is 2.22. The summed E-state index contributed by atoms with van der Waals surface area (Å²) in [7, 11) is 0. The van der Waals surface area contributed by atoms with Gasteiger partial charge in [0.05, 0.1) is 18.4 Å². The number of nitrogens with zero attached hydrogens (tertiary/aromatic N) is 2. The van der Waals surface area contributed by atoms with Gasteiger partial charge in [0.1, 0.15) is 0 Å². The molecule has 1 N–H and O–H groups in total. The first-order valence-electron chi connectivity index (χ1n) is 4.69. The minimum absolute atomic E-state index is 0.658. The van der Waals surface area contributed by atoms with Gasteiger partial charge >= 0.3 is 0 Å². The van der Waals surface area contributed by atoms with Gasteiger partial charge in [0, 0.05) is 26.7 Å². The van der Waals surface area contributed by atoms with Crippen LogP contribution >= 0.6 is 34.2 Å². The molecule has 1 aromatic carbocycles. The molecule has 0 radical (unpaired) electrons. The average molecular weight is 346 g/mol. The van der Waals surface area contributed by atoms with E-state index < -0.39 is 0 Å². The Morgan fingerprint density at radius 1 is 1.31 bits per heavy atom. The van der Waals surface area contributed by atoms with Gasteiger partial charge in [-0.2, -0.15) is 0 Å². The zero-order chi connectivity index (χ0) is 11.4. The summed E-state index contributed by atoms with van der Waals surface area (Å²) in [6, 6.07) is 5.74. The molecular weight excluding hydrogens is 336 g/mol. The summed E-state index contributed by atoms with van der Waals surface area (Å²) in [6.45, 7) is 0.658. The Hall–Kier alpha value is -0.880. The van der Waals surface area contributed by atoms with E-state index in [1.807, 2.05) is 18.2 Å². The Kier molecular flexibility index (Phi) is 3.95. The summed E-state index contributed by atoms with van der Waals surface area (Å²) in [6.07, 6.45) is 5.09. The highest BCUT2D eigenvalue weighted by Gasteiger charge is 2.00. The summed E-state index contributed by atoms with van der Waals surface area (Å²) >= 11 is 8.12. The van der Waals surface area contributed by atoms with Crippen molar-refractivity contribution in [2.45, 2.75) is 6.54 Å². The van der Waals surface area contributed by atoms with Crippen LogP contribution in [0.5, 0.6) is 0 Å². The van der Waals surface area contributed by atoms with Crippen molar-refractivity contribution < 1.29 is 0 Å². The van der Waals surface area contributed by atoms with Crippen molar-refractivity contribution in [2.75, 3.05) is 5.32 Å². The molecule has 82 valence electrons. The van der Waals surface area contributed by atoms with Crippen LogP contribution in [0.2, 0.25) is 5.02 Å². The molecule has 2 rings (SSSR count). The van der Waals surface area contributed by atoms with Crippen molar-refractivity contribution in [1.29, 1.82) is 0 Å². The summed E-state index contributed by atoms with van der Waals surface area (Å²) in [5, 5.41) is 4.03. The van der Waals surface area contributed by atoms with Crippen molar-refractivity contribution in [3.05, 3.63) is 51.1 Å². The van der Waals surface area contributed by atoms with E-state index in [1.165, 1.54) is 0 Å². The zero-order valence-corrected chi connectivity index (χ0v) is 11.2. The lowest BCUT2D eigenvalue weighted by molar-refractivity contribution is 1.01. The third kappa shape index (κ3) is 3.05. The van der Waals surface area contributed by atoms with Crippen LogP contribution in [0.25, 0.3) is 0 Å². The molecule has 0 saturated carbocycles. The molecule has 2 aromatic rings. The maximum atomic E-state index is 5.88. The van der Waals surface area contributed by atoms with E-state index >= 15 is 0 Å². The molecule has 0 unspecified atom stereocenters. The van der Waals surface area contributed by atoms with Crippen molar-refractivity contribution >= 4 is 39.9 Å². The van der Waals surface area contributed by atoms with Crippen molar-refractivity contribution in [3.8, 4) is 0 Å². The number of anilines is 1. The van der Waals surface area contributed by atoms with Crippen LogP contribution in [0, 0.1) is 3.57 Å². The molecule has 0 atom stereocenters. The number of rotatable bonds is 3. The van der Waals surface area contributed by atoms with Crippen LogP contribution in [0.3, 0.4) is 0 Å². The fraction of sp³-hybridized carbons (Fsp3) is 0.0909. The molecule has 0 bridgehead atoms. The van der Waals surface area contributed by atoms with Crippen LogP contribution in [0.1, 0.15) is 5.69 Å². The average Bonchev–Trinajstić information content (AvgIpc) is 2.29. The Bertz CT molecular complexity index is 476. The quantitative estimate of drug-likeness (QED) is 0.867. The second-order valence-electron chi connectivity index (χ2n) is 3.17. The number of aromatic nitrogens is 2.